The summed E-state index contributed by atoms with van der Waals surface area (Å²) in [6, 6.07) is 14.3. The number of ether oxygens (including phenoxy) is 1. The van der Waals surface area contributed by atoms with Gasteiger partial charge in [0.2, 0.25) is 0 Å². The Morgan fingerprint density at radius 1 is 1.15 bits per heavy atom. The van der Waals surface area contributed by atoms with Crippen LogP contribution in [0.3, 0.4) is 0 Å². The van der Waals surface area contributed by atoms with E-state index in [1.54, 1.807) is 22.9 Å². The summed E-state index contributed by atoms with van der Waals surface area (Å²) in [5.74, 6) is 0.378. The molecule has 0 radical (unpaired) electrons. The molecule has 0 saturated carbocycles. The van der Waals surface area contributed by atoms with Crippen LogP contribution in [0.25, 0.3) is 16.7 Å². The SMILES string of the molecule is O=Cc1cc(Oc2nc3c(cnn3-c3ccccc3)c(=O)[nH]2)ccc1Br. The number of aromatic amines is 1. The highest BCUT2D eigenvalue weighted by Crippen LogP contribution is 2.24. The van der Waals surface area contributed by atoms with E-state index in [2.05, 4.69) is 31.0 Å². The van der Waals surface area contributed by atoms with Gasteiger partial charge in [-0.15, -0.1) is 0 Å². The minimum absolute atomic E-state index is 0.0133. The van der Waals surface area contributed by atoms with Gasteiger partial charge in [0, 0.05) is 10.0 Å². The Hall–Kier alpha value is -3.26. The molecule has 2 aromatic heterocycles. The summed E-state index contributed by atoms with van der Waals surface area (Å²) in [6.07, 6.45) is 2.17. The zero-order chi connectivity index (χ0) is 18.1. The van der Waals surface area contributed by atoms with Crippen LogP contribution in [0.4, 0.5) is 0 Å². The number of hydrogen-bond acceptors (Lipinski definition) is 5. The Morgan fingerprint density at radius 2 is 1.96 bits per heavy atom. The zero-order valence-corrected chi connectivity index (χ0v) is 14.8. The number of carbonyl (C=O) groups excluding carboxylic acids is 1. The van der Waals surface area contributed by atoms with Crippen molar-refractivity contribution in [1.82, 2.24) is 19.7 Å². The van der Waals surface area contributed by atoms with Gasteiger partial charge in [0.1, 0.15) is 11.1 Å². The number of nitrogens with one attached hydrogen (secondary N) is 1. The fourth-order valence-corrected chi connectivity index (χ4v) is 2.83. The highest BCUT2D eigenvalue weighted by atomic mass is 79.9. The number of H-pyrrole nitrogens is 1. The van der Waals surface area contributed by atoms with Crippen LogP contribution in [-0.2, 0) is 0 Å². The Bertz CT molecular complexity index is 1170. The molecule has 4 rings (SSSR count). The van der Waals surface area contributed by atoms with Gasteiger partial charge in [0.15, 0.2) is 11.9 Å². The second kappa shape index (κ2) is 6.57. The van der Waals surface area contributed by atoms with Crippen LogP contribution in [0.2, 0.25) is 0 Å². The normalized spacial score (nSPS) is 10.8. The second-order valence-electron chi connectivity index (χ2n) is 5.40. The first-order valence-electron chi connectivity index (χ1n) is 7.62. The Labute approximate surface area is 155 Å². The summed E-state index contributed by atoms with van der Waals surface area (Å²) >= 11 is 3.28. The summed E-state index contributed by atoms with van der Waals surface area (Å²) in [5, 5.41) is 4.59. The highest BCUT2D eigenvalue weighted by Gasteiger charge is 2.13. The molecule has 0 aliphatic heterocycles. The molecular weight excluding hydrogens is 400 g/mol. The van der Waals surface area contributed by atoms with Crippen LogP contribution in [0.15, 0.2) is 64.0 Å². The number of hydrogen-bond donors (Lipinski definition) is 1. The predicted octanol–water partition coefficient (Wildman–Crippen LogP) is 3.48. The molecule has 2 heterocycles. The van der Waals surface area contributed by atoms with Gasteiger partial charge in [-0.2, -0.15) is 10.1 Å². The summed E-state index contributed by atoms with van der Waals surface area (Å²) in [4.78, 5) is 30.3. The number of carbonyl (C=O) groups is 1. The van der Waals surface area contributed by atoms with Crippen molar-refractivity contribution in [1.29, 1.82) is 0 Å². The highest BCUT2D eigenvalue weighted by molar-refractivity contribution is 9.10. The summed E-state index contributed by atoms with van der Waals surface area (Å²) in [7, 11) is 0. The molecule has 0 unspecified atom stereocenters. The number of benzene rings is 2. The monoisotopic (exact) mass is 410 g/mol. The number of rotatable bonds is 4. The third kappa shape index (κ3) is 2.91. The van der Waals surface area contributed by atoms with Crippen LogP contribution >= 0.6 is 15.9 Å². The molecule has 26 heavy (non-hydrogen) atoms. The van der Waals surface area contributed by atoms with Crippen LogP contribution in [0.1, 0.15) is 10.4 Å². The quantitative estimate of drug-likeness (QED) is 0.520. The largest absolute Gasteiger partial charge is 0.426 e. The first-order valence-corrected chi connectivity index (χ1v) is 8.41. The minimum Gasteiger partial charge on any atom is -0.426 e. The molecule has 0 aliphatic rings. The molecule has 0 bridgehead atoms. The lowest BCUT2D eigenvalue weighted by molar-refractivity contribution is 0.112. The smallest absolute Gasteiger partial charge is 0.304 e. The standard InChI is InChI=1S/C18H11BrN4O3/c19-15-7-6-13(8-11(15)10-24)26-18-21-16-14(17(25)22-18)9-20-23(16)12-4-2-1-3-5-12/h1-10H,(H,21,22,25). The molecule has 0 amide bonds. The molecule has 8 heteroatoms. The molecule has 7 nitrogen and oxygen atoms in total. The third-order valence-corrected chi connectivity index (χ3v) is 4.45. The molecule has 0 atom stereocenters. The maximum Gasteiger partial charge on any atom is 0.304 e. The summed E-state index contributed by atoms with van der Waals surface area (Å²) < 4.78 is 7.85. The lowest BCUT2D eigenvalue weighted by atomic mass is 10.2. The number of para-hydroxylation sites is 1. The first-order chi connectivity index (χ1) is 12.7. The first kappa shape index (κ1) is 16.2. The van der Waals surface area contributed by atoms with Crippen molar-refractivity contribution < 1.29 is 9.53 Å². The van der Waals surface area contributed by atoms with Crippen LogP contribution < -0.4 is 10.3 Å². The van der Waals surface area contributed by atoms with Crippen LogP contribution in [-0.4, -0.2) is 26.0 Å². The lowest BCUT2D eigenvalue weighted by Crippen LogP contribution is -2.10. The van der Waals surface area contributed by atoms with Gasteiger partial charge < -0.3 is 4.74 Å². The average molecular weight is 411 g/mol. The fourth-order valence-electron chi connectivity index (χ4n) is 2.49. The average Bonchev–Trinajstić information content (AvgIpc) is 3.08. The number of halogens is 1. The summed E-state index contributed by atoms with van der Waals surface area (Å²) in [6.45, 7) is 0. The number of aldehydes is 1. The Balaban J connectivity index is 1.79. The molecule has 0 aliphatic carbocycles. The molecule has 0 fully saturated rings. The van der Waals surface area contributed by atoms with Gasteiger partial charge in [0.05, 0.1) is 11.9 Å². The predicted molar refractivity (Wildman–Crippen MR) is 99.1 cm³/mol. The van der Waals surface area contributed by atoms with E-state index in [1.807, 2.05) is 30.3 Å². The van der Waals surface area contributed by atoms with Crippen molar-refractivity contribution in [3.63, 3.8) is 0 Å². The van der Waals surface area contributed by atoms with Crippen molar-refractivity contribution >= 4 is 33.2 Å². The topological polar surface area (TPSA) is 89.9 Å². The van der Waals surface area contributed by atoms with Crippen molar-refractivity contribution in [3.8, 4) is 17.4 Å². The van der Waals surface area contributed by atoms with Crippen LogP contribution in [0.5, 0.6) is 11.8 Å². The van der Waals surface area contributed by atoms with E-state index in [0.29, 0.717) is 33.1 Å². The van der Waals surface area contributed by atoms with E-state index in [1.165, 1.54) is 6.20 Å². The van der Waals surface area contributed by atoms with E-state index >= 15 is 0 Å². The van der Waals surface area contributed by atoms with E-state index in [0.717, 1.165) is 5.69 Å². The van der Waals surface area contributed by atoms with Gasteiger partial charge >= 0.3 is 6.01 Å². The zero-order valence-electron chi connectivity index (χ0n) is 13.2. The molecule has 0 saturated heterocycles. The number of fused-ring (bicyclic) bond motifs is 1. The Morgan fingerprint density at radius 3 is 2.73 bits per heavy atom. The van der Waals surface area contributed by atoms with E-state index < -0.39 is 0 Å². The number of aromatic nitrogens is 4. The second-order valence-corrected chi connectivity index (χ2v) is 6.26. The number of nitrogens with zero attached hydrogens (tertiary/aromatic N) is 3. The maximum atomic E-state index is 12.3. The molecule has 0 spiro atoms. The van der Waals surface area contributed by atoms with E-state index in [4.69, 9.17) is 4.74 Å². The molecule has 2 aromatic carbocycles. The van der Waals surface area contributed by atoms with Crippen LogP contribution in [0, 0.1) is 0 Å². The van der Waals surface area contributed by atoms with Gasteiger partial charge in [-0.05, 0) is 30.3 Å². The minimum atomic E-state index is -0.361. The summed E-state index contributed by atoms with van der Waals surface area (Å²) in [5.41, 5.74) is 1.22. The fraction of sp³-hybridized carbons (Fsp3) is 0. The van der Waals surface area contributed by atoms with Gasteiger partial charge in [0.25, 0.3) is 5.56 Å². The van der Waals surface area contributed by atoms with Crippen molar-refractivity contribution in [3.05, 3.63) is 75.1 Å². The van der Waals surface area contributed by atoms with E-state index in [-0.39, 0.29) is 11.6 Å². The molecule has 1 N–H and O–H groups in total. The molecule has 128 valence electrons. The van der Waals surface area contributed by atoms with Crippen molar-refractivity contribution in [2.75, 3.05) is 0 Å². The maximum absolute atomic E-state index is 12.3. The van der Waals surface area contributed by atoms with Crippen molar-refractivity contribution in [2.45, 2.75) is 0 Å². The molecular formula is C18H11BrN4O3. The van der Waals surface area contributed by atoms with Gasteiger partial charge in [-0.1, -0.05) is 34.1 Å². The third-order valence-electron chi connectivity index (χ3n) is 3.73. The Kier molecular flexibility index (Phi) is 4.10. The lowest BCUT2D eigenvalue weighted by Gasteiger charge is -2.07. The molecule has 4 aromatic rings. The van der Waals surface area contributed by atoms with Crippen molar-refractivity contribution in [2.24, 2.45) is 0 Å². The van der Waals surface area contributed by atoms with Gasteiger partial charge in [-0.3, -0.25) is 14.6 Å². The van der Waals surface area contributed by atoms with Gasteiger partial charge in [-0.25, -0.2) is 4.68 Å². The van der Waals surface area contributed by atoms with E-state index in [9.17, 15) is 9.59 Å².